The Hall–Kier alpha value is -3.02. The zero-order chi connectivity index (χ0) is 19.7. The summed E-state index contributed by atoms with van der Waals surface area (Å²) in [7, 11) is 3.22. The fourth-order valence-corrected chi connectivity index (χ4v) is 3.92. The van der Waals surface area contributed by atoms with Gasteiger partial charge in [-0.05, 0) is 42.2 Å². The second-order valence-electron chi connectivity index (χ2n) is 7.04. The highest BCUT2D eigenvalue weighted by Crippen LogP contribution is 2.33. The molecular weight excluding hydrogens is 358 g/mol. The first-order chi connectivity index (χ1) is 13.6. The standard InChI is InChI=1S/C22H23NO5/c1-26-20-10-14-8-9-23(12-15(14)11-21(20)27-2)22(25)13-28-19-5-3-4-16-17(19)6-7-18(16)24/h3-5,10-11H,6-9,12-13H2,1-2H3. The molecule has 0 spiro atoms. The van der Waals surface area contributed by atoms with Crippen LogP contribution in [0.25, 0.3) is 0 Å². The summed E-state index contributed by atoms with van der Waals surface area (Å²) in [6.45, 7) is 1.12. The monoisotopic (exact) mass is 381 g/mol. The molecule has 6 nitrogen and oxygen atoms in total. The van der Waals surface area contributed by atoms with Gasteiger partial charge in [0.2, 0.25) is 0 Å². The molecule has 6 heteroatoms. The Balaban J connectivity index is 1.44. The molecule has 28 heavy (non-hydrogen) atoms. The number of fused-ring (bicyclic) bond motifs is 2. The van der Waals surface area contributed by atoms with Gasteiger partial charge in [-0.2, -0.15) is 0 Å². The van der Waals surface area contributed by atoms with E-state index < -0.39 is 0 Å². The molecule has 0 fully saturated rings. The van der Waals surface area contributed by atoms with Gasteiger partial charge in [-0.3, -0.25) is 9.59 Å². The van der Waals surface area contributed by atoms with Crippen molar-refractivity contribution in [3.63, 3.8) is 0 Å². The predicted octanol–water partition coefficient (Wildman–Crippen LogP) is 2.80. The highest BCUT2D eigenvalue weighted by atomic mass is 16.5. The lowest BCUT2D eigenvalue weighted by atomic mass is 9.99. The molecular formula is C22H23NO5. The fourth-order valence-electron chi connectivity index (χ4n) is 3.92. The smallest absolute Gasteiger partial charge is 0.260 e. The van der Waals surface area contributed by atoms with Crippen molar-refractivity contribution in [1.29, 1.82) is 0 Å². The van der Waals surface area contributed by atoms with Crippen LogP contribution in [0.4, 0.5) is 0 Å². The fraction of sp³-hybridized carbons (Fsp3) is 0.364. The Morgan fingerprint density at radius 1 is 1.00 bits per heavy atom. The second kappa shape index (κ2) is 7.54. The maximum Gasteiger partial charge on any atom is 0.260 e. The van der Waals surface area contributed by atoms with Crippen LogP contribution < -0.4 is 14.2 Å². The van der Waals surface area contributed by atoms with Gasteiger partial charge in [0.25, 0.3) is 5.91 Å². The molecule has 4 rings (SSSR count). The van der Waals surface area contributed by atoms with Crippen molar-refractivity contribution in [2.75, 3.05) is 27.4 Å². The minimum atomic E-state index is -0.0673. The van der Waals surface area contributed by atoms with Crippen LogP contribution in [0.3, 0.4) is 0 Å². The number of methoxy groups -OCH3 is 2. The van der Waals surface area contributed by atoms with Crippen molar-refractivity contribution in [2.24, 2.45) is 0 Å². The van der Waals surface area contributed by atoms with E-state index in [1.54, 1.807) is 25.2 Å². The number of hydrogen-bond acceptors (Lipinski definition) is 5. The van der Waals surface area contributed by atoms with Crippen LogP contribution in [-0.4, -0.2) is 44.0 Å². The third-order valence-corrected chi connectivity index (χ3v) is 5.46. The average molecular weight is 381 g/mol. The number of benzene rings is 2. The maximum absolute atomic E-state index is 12.7. The van der Waals surface area contributed by atoms with Crippen molar-refractivity contribution in [3.8, 4) is 17.2 Å². The van der Waals surface area contributed by atoms with E-state index in [9.17, 15) is 9.59 Å². The number of ketones is 1. The molecule has 1 amide bonds. The first-order valence-corrected chi connectivity index (χ1v) is 9.40. The van der Waals surface area contributed by atoms with Crippen LogP contribution in [0.15, 0.2) is 30.3 Å². The molecule has 0 saturated heterocycles. The van der Waals surface area contributed by atoms with Gasteiger partial charge in [0, 0.05) is 30.6 Å². The minimum Gasteiger partial charge on any atom is -0.493 e. The van der Waals surface area contributed by atoms with Crippen LogP contribution in [0.1, 0.15) is 33.5 Å². The van der Waals surface area contributed by atoms with Crippen LogP contribution in [0, 0.1) is 0 Å². The zero-order valence-electron chi connectivity index (χ0n) is 16.1. The summed E-state index contributed by atoms with van der Waals surface area (Å²) >= 11 is 0. The molecule has 2 aromatic carbocycles. The van der Waals surface area contributed by atoms with Gasteiger partial charge in [0.05, 0.1) is 14.2 Å². The molecule has 0 bridgehead atoms. The molecule has 0 N–H and O–H groups in total. The van der Waals surface area contributed by atoms with Crippen molar-refractivity contribution in [2.45, 2.75) is 25.8 Å². The number of carbonyl (C=O) groups excluding carboxylic acids is 2. The number of Topliss-reactive ketones (excluding diaryl/α,β-unsaturated/α-hetero) is 1. The maximum atomic E-state index is 12.7. The molecule has 0 unspecified atom stereocenters. The number of nitrogens with zero attached hydrogens (tertiary/aromatic N) is 1. The molecule has 146 valence electrons. The van der Waals surface area contributed by atoms with Crippen molar-refractivity contribution >= 4 is 11.7 Å². The SMILES string of the molecule is COc1cc2c(cc1OC)CN(C(=O)COc1cccc3c1CCC3=O)CC2. The molecule has 0 radical (unpaired) electrons. The van der Waals surface area contributed by atoms with E-state index in [1.807, 2.05) is 24.3 Å². The van der Waals surface area contributed by atoms with Gasteiger partial charge < -0.3 is 19.1 Å². The van der Waals surface area contributed by atoms with Gasteiger partial charge in [-0.25, -0.2) is 0 Å². The van der Waals surface area contributed by atoms with E-state index in [1.165, 1.54) is 5.56 Å². The van der Waals surface area contributed by atoms with Gasteiger partial charge >= 0.3 is 0 Å². The summed E-state index contributed by atoms with van der Waals surface area (Å²) in [4.78, 5) is 26.4. The van der Waals surface area contributed by atoms with Gasteiger partial charge in [0.1, 0.15) is 5.75 Å². The van der Waals surface area contributed by atoms with Gasteiger partial charge in [0.15, 0.2) is 23.9 Å². The van der Waals surface area contributed by atoms with E-state index in [0.29, 0.717) is 43.2 Å². The quantitative estimate of drug-likeness (QED) is 0.797. The Labute approximate surface area is 164 Å². The lowest BCUT2D eigenvalue weighted by Gasteiger charge is -2.29. The summed E-state index contributed by atoms with van der Waals surface area (Å²) < 4.78 is 16.5. The topological polar surface area (TPSA) is 65.1 Å². The molecule has 2 aliphatic rings. The van der Waals surface area contributed by atoms with E-state index in [-0.39, 0.29) is 18.3 Å². The molecule has 2 aromatic rings. The van der Waals surface area contributed by atoms with Crippen LogP contribution in [0.2, 0.25) is 0 Å². The highest BCUT2D eigenvalue weighted by molar-refractivity contribution is 6.01. The third kappa shape index (κ3) is 3.30. The minimum absolute atomic E-state index is 0.0345. The lowest BCUT2D eigenvalue weighted by molar-refractivity contribution is -0.134. The largest absolute Gasteiger partial charge is 0.493 e. The summed E-state index contributed by atoms with van der Waals surface area (Å²) in [6.07, 6.45) is 1.95. The van der Waals surface area contributed by atoms with E-state index in [0.717, 1.165) is 23.1 Å². The number of rotatable bonds is 5. The predicted molar refractivity (Wildman–Crippen MR) is 103 cm³/mol. The normalized spacial score (nSPS) is 15.1. The Morgan fingerprint density at radius 3 is 2.50 bits per heavy atom. The zero-order valence-corrected chi connectivity index (χ0v) is 16.1. The van der Waals surface area contributed by atoms with Crippen molar-refractivity contribution in [1.82, 2.24) is 4.90 Å². The van der Waals surface area contributed by atoms with E-state index >= 15 is 0 Å². The average Bonchev–Trinajstić information content (AvgIpc) is 3.12. The summed E-state index contributed by atoms with van der Waals surface area (Å²) in [5.74, 6) is 2.08. The van der Waals surface area contributed by atoms with Crippen LogP contribution in [-0.2, 0) is 24.2 Å². The summed E-state index contributed by atoms with van der Waals surface area (Å²) in [5.41, 5.74) is 3.87. The number of carbonyl (C=O) groups is 2. The second-order valence-corrected chi connectivity index (χ2v) is 7.04. The first-order valence-electron chi connectivity index (χ1n) is 9.40. The molecule has 1 aliphatic heterocycles. The number of ether oxygens (including phenoxy) is 3. The molecule has 0 saturated carbocycles. The molecule has 0 aromatic heterocycles. The number of amides is 1. The first kappa shape index (κ1) is 18.3. The van der Waals surface area contributed by atoms with Crippen LogP contribution in [0.5, 0.6) is 17.2 Å². The van der Waals surface area contributed by atoms with E-state index in [4.69, 9.17) is 14.2 Å². The molecule has 1 heterocycles. The van der Waals surface area contributed by atoms with Gasteiger partial charge in [-0.15, -0.1) is 0 Å². The molecule has 0 atom stereocenters. The van der Waals surface area contributed by atoms with E-state index in [2.05, 4.69) is 0 Å². The Morgan fingerprint density at radius 2 is 1.75 bits per heavy atom. The third-order valence-electron chi connectivity index (χ3n) is 5.46. The highest BCUT2D eigenvalue weighted by Gasteiger charge is 2.25. The Kier molecular flexibility index (Phi) is 4.94. The summed E-state index contributed by atoms with van der Waals surface area (Å²) in [6, 6.07) is 9.37. The van der Waals surface area contributed by atoms with Gasteiger partial charge in [-0.1, -0.05) is 12.1 Å². The van der Waals surface area contributed by atoms with Crippen molar-refractivity contribution < 1.29 is 23.8 Å². The van der Waals surface area contributed by atoms with Crippen LogP contribution >= 0.6 is 0 Å². The number of hydrogen-bond donors (Lipinski definition) is 0. The lowest BCUT2D eigenvalue weighted by Crippen LogP contribution is -2.38. The van der Waals surface area contributed by atoms with Crippen molar-refractivity contribution in [3.05, 3.63) is 52.6 Å². The molecule has 1 aliphatic carbocycles. The Bertz CT molecular complexity index is 937. The summed E-state index contributed by atoms with van der Waals surface area (Å²) in [5, 5.41) is 0.